The van der Waals surface area contributed by atoms with Crippen molar-refractivity contribution >= 4 is 23.6 Å². The molecule has 0 unspecified atom stereocenters. The second-order valence-electron chi connectivity index (χ2n) is 4.83. The molecule has 1 amide bonds. The Balaban J connectivity index is 2.16. The zero-order valence-electron chi connectivity index (χ0n) is 12.4. The van der Waals surface area contributed by atoms with Crippen molar-refractivity contribution in [3.05, 3.63) is 28.8 Å². The van der Waals surface area contributed by atoms with E-state index in [1.807, 2.05) is 17.9 Å². The molecule has 5 heteroatoms. The van der Waals surface area contributed by atoms with Gasteiger partial charge in [0.2, 0.25) is 5.91 Å². The molecule has 1 heterocycles. The van der Waals surface area contributed by atoms with E-state index in [1.54, 1.807) is 25.3 Å². The number of carbonyl (C=O) groups is 1. The molecule has 0 aromatic heterocycles. The molecule has 114 valence electrons. The first-order valence-electron chi connectivity index (χ1n) is 7.13. The van der Waals surface area contributed by atoms with Gasteiger partial charge in [-0.15, -0.1) is 0 Å². The fraction of sp³-hybridized carbons (Fsp3) is 0.438. The van der Waals surface area contributed by atoms with Crippen LogP contribution in [0.5, 0.6) is 11.5 Å². The Morgan fingerprint density at radius 2 is 2.10 bits per heavy atom. The highest BCUT2D eigenvalue weighted by Gasteiger charge is 2.15. The predicted molar refractivity (Wildman–Crippen MR) is 84.0 cm³/mol. The number of ether oxygens (including phenoxy) is 2. The van der Waals surface area contributed by atoms with Gasteiger partial charge in [-0.1, -0.05) is 11.6 Å². The van der Waals surface area contributed by atoms with Crippen molar-refractivity contribution in [2.45, 2.75) is 19.8 Å². The molecule has 1 saturated heterocycles. The Bertz CT molecular complexity index is 537. The van der Waals surface area contributed by atoms with Crippen molar-refractivity contribution in [3.8, 4) is 11.5 Å². The molecule has 0 radical (unpaired) electrons. The number of methoxy groups -OCH3 is 1. The van der Waals surface area contributed by atoms with Gasteiger partial charge in [-0.25, -0.2) is 0 Å². The quantitative estimate of drug-likeness (QED) is 0.783. The third kappa shape index (κ3) is 3.91. The van der Waals surface area contributed by atoms with Crippen molar-refractivity contribution in [1.29, 1.82) is 0 Å². The van der Waals surface area contributed by atoms with E-state index in [-0.39, 0.29) is 5.91 Å². The zero-order chi connectivity index (χ0) is 15.2. The largest absolute Gasteiger partial charge is 0.493 e. The summed E-state index contributed by atoms with van der Waals surface area (Å²) in [6.07, 6.45) is 5.51. The number of halogens is 1. The zero-order valence-corrected chi connectivity index (χ0v) is 13.2. The molecule has 0 spiro atoms. The lowest BCUT2D eigenvalue weighted by atomic mass is 10.2. The van der Waals surface area contributed by atoms with Crippen molar-refractivity contribution in [3.63, 3.8) is 0 Å². The maximum absolute atomic E-state index is 12.0. The Labute approximate surface area is 130 Å². The van der Waals surface area contributed by atoms with Crippen molar-refractivity contribution < 1.29 is 14.3 Å². The van der Waals surface area contributed by atoms with Gasteiger partial charge in [0.05, 0.1) is 18.7 Å². The third-order valence-electron chi connectivity index (χ3n) is 3.38. The Morgan fingerprint density at radius 1 is 1.38 bits per heavy atom. The molecule has 0 N–H and O–H groups in total. The summed E-state index contributed by atoms with van der Waals surface area (Å²) in [4.78, 5) is 13.8. The Morgan fingerprint density at radius 3 is 2.71 bits per heavy atom. The molecule has 0 aliphatic carbocycles. The van der Waals surface area contributed by atoms with Gasteiger partial charge in [-0.05, 0) is 43.5 Å². The second kappa shape index (κ2) is 7.36. The minimum Gasteiger partial charge on any atom is -0.493 e. The molecular weight excluding hydrogens is 290 g/mol. The third-order valence-corrected chi connectivity index (χ3v) is 3.66. The molecular formula is C16H20ClNO3. The van der Waals surface area contributed by atoms with Crippen LogP contribution < -0.4 is 9.47 Å². The fourth-order valence-corrected chi connectivity index (χ4v) is 2.60. The van der Waals surface area contributed by atoms with Crippen molar-refractivity contribution in [2.75, 3.05) is 26.8 Å². The molecule has 0 atom stereocenters. The molecule has 1 fully saturated rings. The minimum atomic E-state index is 0.0384. The molecule has 4 nitrogen and oxygen atoms in total. The summed E-state index contributed by atoms with van der Waals surface area (Å²) in [5.41, 5.74) is 0.813. The first-order chi connectivity index (χ1) is 10.2. The number of amides is 1. The van der Waals surface area contributed by atoms with Crippen LogP contribution in [-0.2, 0) is 4.79 Å². The van der Waals surface area contributed by atoms with Crippen molar-refractivity contribution in [1.82, 2.24) is 4.90 Å². The number of carbonyl (C=O) groups excluding carboxylic acids is 1. The standard InChI is InChI=1S/C16H20ClNO3/c1-3-21-16-13(17)10-12(11-14(16)20-2)6-7-15(19)18-8-4-5-9-18/h6-7,10-11H,3-5,8-9H2,1-2H3. The number of likely N-dealkylation sites (tertiary alicyclic amines) is 1. The number of benzene rings is 1. The monoisotopic (exact) mass is 309 g/mol. The van der Waals surface area contributed by atoms with E-state index in [0.717, 1.165) is 31.5 Å². The number of nitrogens with zero attached hydrogens (tertiary/aromatic N) is 1. The minimum absolute atomic E-state index is 0.0384. The lowest BCUT2D eigenvalue weighted by Crippen LogP contribution is -2.25. The Hall–Kier alpha value is -1.68. The summed E-state index contributed by atoms with van der Waals surface area (Å²) in [6.45, 7) is 4.09. The van der Waals surface area contributed by atoms with E-state index in [9.17, 15) is 4.79 Å². The fourth-order valence-electron chi connectivity index (χ4n) is 2.33. The maximum Gasteiger partial charge on any atom is 0.246 e. The normalized spacial score (nSPS) is 14.7. The summed E-state index contributed by atoms with van der Waals surface area (Å²) in [6, 6.07) is 3.58. The molecule has 1 aliphatic heterocycles. The van der Waals surface area contributed by atoms with Crippen LogP contribution in [0.4, 0.5) is 0 Å². The van der Waals surface area contributed by atoms with Crippen LogP contribution >= 0.6 is 11.6 Å². The van der Waals surface area contributed by atoms with E-state index in [1.165, 1.54) is 0 Å². The number of hydrogen-bond acceptors (Lipinski definition) is 3. The number of rotatable bonds is 5. The van der Waals surface area contributed by atoms with Crippen LogP contribution in [-0.4, -0.2) is 37.6 Å². The number of hydrogen-bond donors (Lipinski definition) is 0. The van der Waals surface area contributed by atoms with Crippen LogP contribution in [0.2, 0.25) is 5.02 Å². The lowest BCUT2D eigenvalue weighted by molar-refractivity contribution is -0.124. The smallest absolute Gasteiger partial charge is 0.246 e. The van der Waals surface area contributed by atoms with E-state index in [4.69, 9.17) is 21.1 Å². The van der Waals surface area contributed by atoms with Crippen LogP contribution in [0.1, 0.15) is 25.3 Å². The second-order valence-corrected chi connectivity index (χ2v) is 5.24. The first kappa shape index (κ1) is 15.7. The topological polar surface area (TPSA) is 38.8 Å². The molecule has 0 saturated carbocycles. The van der Waals surface area contributed by atoms with Gasteiger partial charge < -0.3 is 14.4 Å². The summed E-state index contributed by atoms with van der Waals surface area (Å²) >= 11 is 6.20. The van der Waals surface area contributed by atoms with Crippen LogP contribution in [0.15, 0.2) is 18.2 Å². The maximum atomic E-state index is 12.0. The van der Waals surface area contributed by atoms with Crippen LogP contribution in [0.3, 0.4) is 0 Å². The summed E-state index contributed by atoms with van der Waals surface area (Å²) < 4.78 is 10.8. The van der Waals surface area contributed by atoms with E-state index in [2.05, 4.69) is 0 Å². The first-order valence-corrected chi connectivity index (χ1v) is 7.50. The molecule has 0 bridgehead atoms. The van der Waals surface area contributed by atoms with Crippen molar-refractivity contribution in [2.24, 2.45) is 0 Å². The SMILES string of the molecule is CCOc1c(Cl)cc(C=CC(=O)N2CCCC2)cc1OC. The highest BCUT2D eigenvalue weighted by molar-refractivity contribution is 6.32. The van der Waals surface area contributed by atoms with Gasteiger partial charge in [0.1, 0.15) is 0 Å². The summed E-state index contributed by atoms with van der Waals surface area (Å²) in [5, 5.41) is 0.476. The van der Waals surface area contributed by atoms with E-state index < -0.39 is 0 Å². The molecule has 21 heavy (non-hydrogen) atoms. The van der Waals surface area contributed by atoms with Crippen LogP contribution in [0.25, 0.3) is 6.08 Å². The summed E-state index contributed by atoms with van der Waals surface area (Å²) in [7, 11) is 1.57. The van der Waals surface area contributed by atoms with E-state index >= 15 is 0 Å². The Kier molecular flexibility index (Phi) is 5.51. The molecule has 2 rings (SSSR count). The molecule has 1 aromatic rings. The van der Waals surface area contributed by atoms with Gasteiger partial charge in [0.25, 0.3) is 0 Å². The molecule has 1 aromatic carbocycles. The average molecular weight is 310 g/mol. The van der Waals surface area contributed by atoms with Gasteiger partial charge in [0.15, 0.2) is 11.5 Å². The average Bonchev–Trinajstić information content (AvgIpc) is 3.01. The highest BCUT2D eigenvalue weighted by atomic mass is 35.5. The predicted octanol–water partition coefficient (Wildman–Crippen LogP) is 3.38. The molecule has 1 aliphatic rings. The highest BCUT2D eigenvalue weighted by Crippen LogP contribution is 2.36. The van der Waals surface area contributed by atoms with Gasteiger partial charge >= 0.3 is 0 Å². The van der Waals surface area contributed by atoms with Gasteiger partial charge in [-0.3, -0.25) is 4.79 Å². The van der Waals surface area contributed by atoms with Crippen LogP contribution in [0, 0.1) is 0 Å². The van der Waals surface area contributed by atoms with Gasteiger partial charge in [0, 0.05) is 19.2 Å². The van der Waals surface area contributed by atoms with Gasteiger partial charge in [-0.2, -0.15) is 0 Å². The summed E-state index contributed by atoms with van der Waals surface area (Å²) in [5.74, 6) is 1.14. The lowest BCUT2D eigenvalue weighted by Gasteiger charge is -2.13. The van der Waals surface area contributed by atoms with E-state index in [0.29, 0.717) is 23.1 Å².